The molecule has 0 aliphatic carbocycles. The van der Waals surface area contributed by atoms with Crippen LogP contribution >= 0.6 is 35.4 Å². The summed E-state index contributed by atoms with van der Waals surface area (Å²) in [4.78, 5) is 0. The van der Waals surface area contributed by atoms with E-state index in [9.17, 15) is 0 Å². The van der Waals surface area contributed by atoms with Crippen molar-refractivity contribution in [1.82, 2.24) is 5.43 Å². The van der Waals surface area contributed by atoms with Crippen LogP contribution in [0.15, 0.2) is 47.6 Å². The molecule has 114 valence electrons. The third kappa shape index (κ3) is 4.87. The van der Waals surface area contributed by atoms with E-state index in [1.807, 2.05) is 30.3 Å². The van der Waals surface area contributed by atoms with Crippen molar-refractivity contribution < 1.29 is 4.74 Å². The zero-order valence-electron chi connectivity index (χ0n) is 11.4. The number of nitrogens with one attached hydrogen (secondary N) is 1. The summed E-state index contributed by atoms with van der Waals surface area (Å²) in [6, 6.07) is 12.8. The Balaban J connectivity index is 2.02. The molecule has 0 aliphatic heterocycles. The van der Waals surface area contributed by atoms with E-state index in [0.717, 1.165) is 11.1 Å². The molecule has 0 bridgehead atoms. The smallest absolute Gasteiger partial charge is 0.184 e. The standard InChI is InChI=1S/C15H13Cl2N3OS/c16-12-4-2-1-3-11(12)9-21-14-6-5-10(7-13(14)17)8-19-20-15(18)22/h1-8H,9H2,(H3,18,20,22)/b19-8-. The number of hydrogen-bond acceptors (Lipinski definition) is 3. The van der Waals surface area contributed by atoms with Gasteiger partial charge in [-0.2, -0.15) is 5.10 Å². The van der Waals surface area contributed by atoms with Crippen LogP contribution in [0, 0.1) is 0 Å². The second kappa shape index (κ2) is 7.98. The fourth-order valence-corrected chi connectivity index (χ4v) is 2.14. The zero-order chi connectivity index (χ0) is 15.9. The van der Waals surface area contributed by atoms with Crippen molar-refractivity contribution >= 4 is 46.7 Å². The van der Waals surface area contributed by atoms with Gasteiger partial charge in [0.15, 0.2) is 5.11 Å². The summed E-state index contributed by atoms with van der Waals surface area (Å²) >= 11 is 16.9. The maximum Gasteiger partial charge on any atom is 0.184 e. The van der Waals surface area contributed by atoms with Gasteiger partial charge in [-0.1, -0.05) is 41.4 Å². The molecule has 22 heavy (non-hydrogen) atoms. The first-order chi connectivity index (χ1) is 10.6. The number of ether oxygens (including phenoxy) is 1. The van der Waals surface area contributed by atoms with Crippen molar-refractivity contribution in [1.29, 1.82) is 0 Å². The average Bonchev–Trinajstić information content (AvgIpc) is 2.47. The van der Waals surface area contributed by atoms with Crippen LogP contribution in [0.25, 0.3) is 0 Å². The summed E-state index contributed by atoms with van der Waals surface area (Å²) in [5.74, 6) is 0.570. The van der Waals surface area contributed by atoms with Gasteiger partial charge in [-0.25, -0.2) is 0 Å². The van der Waals surface area contributed by atoms with Crippen LogP contribution in [-0.4, -0.2) is 11.3 Å². The third-order valence-corrected chi connectivity index (χ3v) is 3.44. The number of halogens is 2. The van der Waals surface area contributed by atoms with Gasteiger partial charge in [0, 0.05) is 10.6 Å². The van der Waals surface area contributed by atoms with Gasteiger partial charge in [-0.05, 0) is 42.0 Å². The van der Waals surface area contributed by atoms with Crippen molar-refractivity contribution in [3.05, 3.63) is 63.6 Å². The van der Waals surface area contributed by atoms with Gasteiger partial charge in [-0.15, -0.1) is 0 Å². The van der Waals surface area contributed by atoms with Crippen LogP contribution in [0.1, 0.15) is 11.1 Å². The van der Waals surface area contributed by atoms with Crippen molar-refractivity contribution in [3.8, 4) is 5.75 Å². The molecular formula is C15H13Cl2N3OS. The first-order valence-corrected chi connectivity index (χ1v) is 7.47. The monoisotopic (exact) mass is 353 g/mol. The quantitative estimate of drug-likeness (QED) is 0.488. The molecule has 4 nitrogen and oxygen atoms in total. The highest BCUT2D eigenvalue weighted by Gasteiger charge is 2.05. The summed E-state index contributed by atoms with van der Waals surface area (Å²) < 4.78 is 5.68. The van der Waals surface area contributed by atoms with Gasteiger partial charge < -0.3 is 10.5 Å². The van der Waals surface area contributed by atoms with Gasteiger partial charge >= 0.3 is 0 Å². The number of benzene rings is 2. The van der Waals surface area contributed by atoms with E-state index in [4.69, 9.17) is 33.7 Å². The lowest BCUT2D eigenvalue weighted by atomic mass is 10.2. The van der Waals surface area contributed by atoms with E-state index in [-0.39, 0.29) is 5.11 Å². The van der Waals surface area contributed by atoms with Gasteiger partial charge in [0.05, 0.1) is 11.2 Å². The summed E-state index contributed by atoms with van der Waals surface area (Å²) in [6.45, 7) is 0.343. The minimum Gasteiger partial charge on any atom is -0.487 e. The third-order valence-electron chi connectivity index (χ3n) is 2.69. The first-order valence-electron chi connectivity index (χ1n) is 6.30. The lowest BCUT2D eigenvalue weighted by molar-refractivity contribution is 0.306. The molecule has 2 aromatic rings. The molecule has 0 spiro atoms. The molecule has 0 fully saturated rings. The highest BCUT2D eigenvalue weighted by Crippen LogP contribution is 2.26. The second-order valence-electron chi connectivity index (χ2n) is 4.30. The minimum atomic E-state index is 0.0991. The first kappa shape index (κ1) is 16.5. The molecular weight excluding hydrogens is 341 g/mol. The lowest BCUT2D eigenvalue weighted by Gasteiger charge is -2.09. The number of hydrazone groups is 1. The van der Waals surface area contributed by atoms with Crippen LogP contribution in [-0.2, 0) is 6.61 Å². The predicted octanol–water partition coefficient (Wildman–Crippen LogP) is 3.74. The molecule has 0 atom stereocenters. The summed E-state index contributed by atoms with van der Waals surface area (Å²) in [7, 11) is 0. The molecule has 2 aromatic carbocycles. The van der Waals surface area contributed by atoms with E-state index in [1.165, 1.54) is 0 Å². The van der Waals surface area contributed by atoms with Crippen LogP contribution in [0.5, 0.6) is 5.75 Å². The Kier molecular flexibility index (Phi) is 6.00. The molecule has 2 rings (SSSR count). The molecule has 0 amide bonds. The number of nitrogens with zero attached hydrogens (tertiary/aromatic N) is 1. The summed E-state index contributed by atoms with van der Waals surface area (Å²) in [5, 5.41) is 5.09. The normalized spacial score (nSPS) is 10.6. The van der Waals surface area contributed by atoms with Crippen molar-refractivity contribution in [3.63, 3.8) is 0 Å². The number of rotatable bonds is 5. The van der Waals surface area contributed by atoms with Gasteiger partial charge in [0.2, 0.25) is 0 Å². The van der Waals surface area contributed by atoms with Gasteiger partial charge in [0.25, 0.3) is 0 Å². The molecule has 0 saturated carbocycles. The van der Waals surface area contributed by atoms with Crippen LogP contribution in [0.4, 0.5) is 0 Å². The Hall–Kier alpha value is -1.82. The highest BCUT2D eigenvalue weighted by molar-refractivity contribution is 7.80. The van der Waals surface area contributed by atoms with Crippen LogP contribution in [0.2, 0.25) is 10.0 Å². The largest absolute Gasteiger partial charge is 0.487 e. The summed E-state index contributed by atoms with van der Waals surface area (Å²) in [6.07, 6.45) is 1.56. The highest BCUT2D eigenvalue weighted by atomic mass is 35.5. The maximum atomic E-state index is 6.19. The average molecular weight is 354 g/mol. The molecule has 0 aliphatic rings. The van der Waals surface area contributed by atoms with Crippen LogP contribution < -0.4 is 15.9 Å². The Morgan fingerprint density at radius 2 is 2.00 bits per heavy atom. The predicted molar refractivity (Wildman–Crippen MR) is 94.8 cm³/mol. The zero-order valence-corrected chi connectivity index (χ0v) is 13.8. The minimum absolute atomic E-state index is 0.0991. The second-order valence-corrected chi connectivity index (χ2v) is 5.56. The molecule has 0 unspecified atom stereocenters. The number of hydrogen-bond donors (Lipinski definition) is 2. The van der Waals surface area contributed by atoms with Gasteiger partial charge in [0.1, 0.15) is 12.4 Å². The molecule has 0 saturated heterocycles. The number of thiocarbonyl (C=S) groups is 1. The Morgan fingerprint density at radius 1 is 1.23 bits per heavy atom. The van der Waals surface area contributed by atoms with Crippen molar-refractivity contribution in [2.24, 2.45) is 10.8 Å². The Bertz CT molecular complexity index is 707. The molecule has 3 N–H and O–H groups in total. The Morgan fingerprint density at radius 3 is 2.68 bits per heavy atom. The lowest BCUT2D eigenvalue weighted by Crippen LogP contribution is -2.23. The SMILES string of the molecule is NC(=S)N/N=C\c1ccc(OCc2ccccc2Cl)c(Cl)c1. The maximum absolute atomic E-state index is 6.19. The topological polar surface area (TPSA) is 59.6 Å². The molecule has 0 radical (unpaired) electrons. The molecule has 7 heteroatoms. The van der Waals surface area contributed by atoms with E-state index >= 15 is 0 Å². The van der Waals surface area contributed by atoms with Crippen molar-refractivity contribution in [2.75, 3.05) is 0 Å². The van der Waals surface area contributed by atoms with E-state index < -0.39 is 0 Å². The van der Waals surface area contributed by atoms with Crippen molar-refractivity contribution in [2.45, 2.75) is 6.61 Å². The van der Waals surface area contributed by atoms with E-state index in [0.29, 0.717) is 22.4 Å². The Labute approximate surface area is 143 Å². The fourth-order valence-electron chi connectivity index (χ4n) is 1.66. The van der Waals surface area contributed by atoms with E-state index in [2.05, 4.69) is 22.7 Å². The summed E-state index contributed by atoms with van der Waals surface area (Å²) in [5.41, 5.74) is 9.42. The fraction of sp³-hybridized carbons (Fsp3) is 0.0667. The van der Waals surface area contributed by atoms with Crippen LogP contribution in [0.3, 0.4) is 0 Å². The molecule has 0 heterocycles. The van der Waals surface area contributed by atoms with E-state index in [1.54, 1.807) is 18.3 Å². The number of nitrogens with two attached hydrogens (primary N) is 1. The van der Waals surface area contributed by atoms with Gasteiger partial charge in [-0.3, -0.25) is 5.43 Å². The molecule has 0 aromatic heterocycles.